The van der Waals surface area contributed by atoms with Crippen molar-refractivity contribution < 1.29 is 24.9 Å². The Morgan fingerprint density at radius 3 is 2.08 bits per heavy atom. The van der Waals surface area contributed by atoms with Crippen molar-refractivity contribution >= 4 is 11.9 Å². The van der Waals surface area contributed by atoms with Crippen LogP contribution in [0.4, 0.5) is 4.79 Å². The second kappa shape index (κ2) is 12.4. The number of carboxylic acid groups (broad SMARTS) is 1. The van der Waals surface area contributed by atoms with Gasteiger partial charge in [0, 0.05) is 23.5 Å². The Bertz CT molecular complexity index is 1050. The van der Waals surface area contributed by atoms with Gasteiger partial charge in [-0.2, -0.15) is 0 Å². The van der Waals surface area contributed by atoms with E-state index >= 15 is 0 Å². The summed E-state index contributed by atoms with van der Waals surface area (Å²) in [6.07, 6.45) is -0.285. The number of aliphatic hydroxyl groups is 2. The van der Waals surface area contributed by atoms with Gasteiger partial charge in [0.15, 0.2) is 0 Å². The first-order chi connectivity index (χ1) is 17.9. The van der Waals surface area contributed by atoms with E-state index in [1.54, 1.807) is 20.8 Å². The van der Waals surface area contributed by atoms with Gasteiger partial charge in [-0.05, 0) is 75.8 Å². The number of amides is 1. The van der Waals surface area contributed by atoms with Gasteiger partial charge in [0.05, 0.1) is 12.1 Å². The Morgan fingerprint density at radius 1 is 1.05 bits per heavy atom. The topological polar surface area (TPSA) is 101 Å². The zero-order valence-electron chi connectivity index (χ0n) is 23.5. The fraction of sp³-hybridized carbons (Fsp3) is 0.562. The number of carbonyl (C=O) groups is 2. The molecule has 6 nitrogen and oxygen atoms in total. The number of hydrogen-bond acceptors (Lipinski definition) is 5. The Balaban J connectivity index is 2.02. The highest BCUT2D eigenvalue weighted by molar-refractivity contribution is 5.89. The fourth-order valence-corrected chi connectivity index (χ4v) is 6.43. The maximum Gasteiger partial charge on any atom is 0.142 e. The molecule has 2 aromatic rings. The van der Waals surface area contributed by atoms with Crippen LogP contribution in [-0.4, -0.2) is 51.3 Å². The number of benzene rings is 2. The molecule has 1 saturated carbocycles. The summed E-state index contributed by atoms with van der Waals surface area (Å²) in [7, 11) is 0. The molecule has 1 aliphatic carbocycles. The molecule has 0 bridgehead atoms. The molecule has 0 saturated heterocycles. The summed E-state index contributed by atoms with van der Waals surface area (Å²) < 4.78 is 0. The van der Waals surface area contributed by atoms with Crippen LogP contribution >= 0.6 is 0 Å². The number of nitrogens with zero attached hydrogens (tertiary/aromatic N) is 1. The second-order valence-corrected chi connectivity index (χ2v) is 12.4. The van der Waals surface area contributed by atoms with Crippen LogP contribution in [0.5, 0.6) is 0 Å². The summed E-state index contributed by atoms with van der Waals surface area (Å²) in [6, 6.07) is 18.5. The van der Waals surface area contributed by atoms with Gasteiger partial charge in [0.25, 0.3) is 0 Å². The lowest BCUT2D eigenvalue weighted by molar-refractivity contribution is -0.275. The minimum Gasteiger partial charge on any atom is -0.530 e. The molecule has 3 rings (SSSR count). The van der Waals surface area contributed by atoms with Crippen LogP contribution in [0.25, 0.3) is 0 Å². The van der Waals surface area contributed by atoms with E-state index in [0.29, 0.717) is 25.7 Å². The van der Waals surface area contributed by atoms with Crippen LogP contribution in [-0.2, 0) is 17.6 Å². The molecular weight excluding hydrogens is 478 g/mol. The van der Waals surface area contributed by atoms with Crippen molar-refractivity contribution in [2.24, 2.45) is 23.2 Å². The van der Waals surface area contributed by atoms with E-state index in [2.05, 4.69) is 0 Å². The van der Waals surface area contributed by atoms with Crippen molar-refractivity contribution in [2.75, 3.05) is 6.61 Å². The second-order valence-electron chi connectivity index (χ2n) is 12.4. The highest BCUT2D eigenvalue weighted by atomic mass is 16.4. The number of aliphatic hydroxyl groups excluding tert-OH is 2. The van der Waals surface area contributed by atoms with E-state index in [0.717, 1.165) is 11.1 Å². The average Bonchev–Trinajstić information content (AvgIpc) is 3.14. The first kappa shape index (κ1) is 29.9. The molecule has 0 radical (unpaired) electrons. The monoisotopic (exact) mass is 522 g/mol. The molecule has 38 heavy (non-hydrogen) atoms. The Morgan fingerprint density at radius 2 is 1.61 bits per heavy atom. The van der Waals surface area contributed by atoms with E-state index in [1.807, 2.05) is 74.5 Å². The Hall–Kier alpha value is -2.70. The predicted molar refractivity (Wildman–Crippen MR) is 147 cm³/mol. The van der Waals surface area contributed by atoms with Crippen LogP contribution < -0.4 is 5.11 Å². The molecule has 208 valence electrons. The van der Waals surface area contributed by atoms with Gasteiger partial charge in [0.1, 0.15) is 11.9 Å². The Kier molecular flexibility index (Phi) is 9.77. The lowest BCUT2D eigenvalue weighted by Crippen LogP contribution is -2.61. The number of rotatable bonds is 11. The zero-order chi connectivity index (χ0) is 28.1. The van der Waals surface area contributed by atoms with Gasteiger partial charge < -0.3 is 25.0 Å². The SMILES string of the molecule is CC(C)[C@@H](CO)C1CC[C@](Cc2ccccc2)(C[C@H](O)[C@H](Cc2ccccc2)N(C(=O)[O-])C(C)(C)C)C1=O. The summed E-state index contributed by atoms with van der Waals surface area (Å²) in [6.45, 7) is 9.36. The summed E-state index contributed by atoms with van der Waals surface area (Å²) in [5.41, 5.74) is 0.247. The standard InChI is InChI=1S/C32H45NO5/c1-22(2)26(21-34)25-16-17-32(29(25)36,19-24-14-10-7-11-15-24)20-28(35)27(18-23-12-8-6-9-13-23)33(30(37)38)31(3,4)5/h6-15,22,25-28,34-35H,16-21H2,1-5H3,(H,37,38)/p-1/t25?,26-,27+,28+,32+/m1/s1. The Labute approximate surface area is 227 Å². The van der Waals surface area contributed by atoms with Gasteiger partial charge in [-0.1, -0.05) is 74.5 Å². The summed E-state index contributed by atoms with van der Waals surface area (Å²) in [5.74, 6) is -0.218. The highest BCUT2D eigenvalue weighted by Crippen LogP contribution is 2.48. The first-order valence-corrected chi connectivity index (χ1v) is 13.8. The van der Waals surface area contributed by atoms with Crippen LogP contribution in [0, 0.1) is 23.2 Å². The van der Waals surface area contributed by atoms with Crippen molar-refractivity contribution in [3.8, 4) is 0 Å². The quantitative estimate of drug-likeness (QED) is 0.459. The average molecular weight is 523 g/mol. The van der Waals surface area contributed by atoms with E-state index in [1.165, 1.54) is 4.90 Å². The minimum atomic E-state index is -1.34. The number of ketones is 1. The maximum absolute atomic E-state index is 14.2. The van der Waals surface area contributed by atoms with E-state index < -0.39 is 29.2 Å². The van der Waals surface area contributed by atoms with Crippen molar-refractivity contribution in [3.63, 3.8) is 0 Å². The number of hydrogen-bond donors (Lipinski definition) is 2. The highest BCUT2D eigenvalue weighted by Gasteiger charge is 2.52. The van der Waals surface area contributed by atoms with E-state index in [-0.39, 0.29) is 36.6 Å². The van der Waals surface area contributed by atoms with Gasteiger partial charge in [0.2, 0.25) is 0 Å². The summed E-state index contributed by atoms with van der Waals surface area (Å²) in [4.78, 5) is 27.8. The number of Topliss-reactive ketones (excluding diaryl/α,β-unsaturated/α-hetero) is 1. The van der Waals surface area contributed by atoms with Crippen LogP contribution in [0.3, 0.4) is 0 Å². The van der Waals surface area contributed by atoms with Gasteiger partial charge in [-0.3, -0.25) is 4.79 Å². The lowest BCUT2D eigenvalue weighted by atomic mass is 9.71. The van der Waals surface area contributed by atoms with Crippen LogP contribution in [0.1, 0.15) is 65.0 Å². The van der Waals surface area contributed by atoms with Crippen molar-refractivity contribution in [1.82, 2.24) is 4.90 Å². The third kappa shape index (κ3) is 6.83. The van der Waals surface area contributed by atoms with Crippen molar-refractivity contribution in [2.45, 2.75) is 84.4 Å². The van der Waals surface area contributed by atoms with Crippen LogP contribution in [0.2, 0.25) is 0 Å². The minimum absolute atomic E-state index is 0.0584. The lowest BCUT2D eigenvalue weighted by Gasteiger charge is -2.47. The predicted octanol–water partition coefficient (Wildman–Crippen LogP) is 4.27. The molecule has 0 aromatic heterocycles. The first-order valence-electron chi connectivity index (χ1n) is 13.8. The molecule has 0 aliphatic heterocycles. The molecule has 1 unspecified atom stereocenters. The molecule has 2 N–H and O–H groups in total. The molecule has 1 amide bonds. The molecule has 1 fully saturated rings. The molecule has 6 heteroatoms. The van der Waals surface area contributed by atoms with Gasteiger partial charge >= 0.3 is 0 Å². The van der Waals surface area contributed by atoms with Gasteiger partial charge in [-0.25, -0.2) is 0 Å². The van der Waals surface area contributed by atoms with E-state index in [4.69, 9.17) is 0 Å². The summed E-state index contributed by atoms with van der Waals surface area (Å²) >= 11 is 0. The molecule has 1 aliphatic rings. The maximum atomic E-state index is 14.2. The number of carbonyl (C=O) groups excluding carboxylic acids is 2. The molecular formula is C32H44NO5-. The van der Waals surface area contributed by atoms with Crippen molar-refractivity contribution in [1.29, 1.82) is 0 Å². The zero-order valence-corrected chi connectivity index (χ0v) is 23.5. The summed E-state index contributed by atoms with van der Waals surface area (Å²) in [5, 5.41) is 34.4. The third-order valence-corrected chi connectivity index (χ3v) is 8.35. The third-order valence-electron chi connectivity index (χ3n) is 8.35. The van der Waals surface area contributed by atoms with Gasteiger partial charge in [-0.15, -0.1) is 0 Å². The normalized spacial score (nSPS) is 22.3. The molecule has 0 spiro atoms. The molecule has 0 heterocycles. The van der Waals surface area contributed by atoms with Crippen LogP contribution in [0.15, 0.2) is 60.7 Å². The molecule has 2 aromatic carbocycles. The molecule has 5 atom stereocenters. The largest absolute Gasteiger partial charge is 0.530 e. The van der Waals surface area contributed by atoms with Crippen molar-refractivity contribution in [3.05, 3.63) is 71.8 Å². The smallest absolute Gasteiger partial charge is 0.142 e. The fourth-order valence-electron chi connectivity index (χ4n) is 6.43. The van der Waals surface area contributed by atoms with E-state index in [9.17, 15) is 24.9 Å².